The molecule has 0 bridgehead atoms. The lowest BCUT2D eigenvalue weighted by Gasteiger charge is -2.33. The molecule has 2 N–H and O–H groups in total. The van der Waals surface area contributed by atoms with Crippen LogP contribution in [0.3, 0.4) is 0 Å². The van der Waals surface area contributed by atoms with Gasteiger partial charge in [0.2, 0.25) is 0 Å². The minimum absolute atomic E-state index is 0.0461. The Morgan fingerprint density at radius 2 is 1.92 bits per heavy atom. The first-order valence-corrected chi connectivity index (χ1v) is 9.15. The maximum atomic E-state index is 12.1. The van der Waals surface area contributed by atoms with E-state index < -0.39 is 0 Å². The molecule has 0 spiro atoms. The second kappa shape index (κ2) is 8.34. The van der Waals surface area contributed by atoms with Crippen molar-refractivity contribution in [3.8, 4) is 0 Å². The van der Waals surface area contributed by atoms with Gasteiger partial charge in [-0.3, -0.25) is 4.79 Å². The molecule has 3 rings (SSSR count). The highest BCUT2D eigenvalue weighted by Crippen LogP contribution is 2.19. The molecule has 1 saturated carbocycles. The summed E-state index contributed by atoms with van der Waals surface area (Å²) in [5, 5.41) is 5.91. The van der Waals surface area contributed by atoms with Crippen LogP contribution in [0.2, 0.25) is 0 Å². The molecule has 1 atom stereocenters. The van der Waals surface area contributed by atoms with Gasteiger partial charge < -0.3 is 20.3 Å². The van der Waals surface area contributed by atoms with E-state index in [4.69, 9.17) is 4.74 Å². The van der Waals surface area contributed by atoms with Crippen molar-refractivity contribution in [1.82, 2.24) is 10.6 Å². The van der Waals surface area contributed by atoms with E-state index in [0.29, 0.717) is 13.1 Å². The minimum atomic E-state index is -0.198. The van der Waals surface area contributed by atoms with E-state index in [9.17, 15) is 9.59 Å². The molecule has 25 heavy (non-hydrogen) atoms. The van der Waals surface area contributed by atoms with Crippen molar-refractivity contribution in [3.63, 3.8) is 0 Å². The summed E-state index contributed by atoms with van der Waals surface area (Å²) in [5.41, 5.74) is 2.03. The molecule has 0 aromatic heterocycles. The summed E-state index contributed by atoms with van der Waals surface area (Å²) in [5.74, 6) is -0.0493. The highest BCUT2D eigenvalue weighted by Gasteiger charge is 2.27. The standard InChI is InChI=1S/C19H27N3O3/c1-14-7-9-16(10-8-14)22-12-17(25-13-18(22)23)11-20-19(24)21-15-5-3-2-4-6-15/h7-10,15,17H,2-6,11-13H2,1H3,(H2,20,21,24). The number of ether oxygens (including phenoxy) is 1. The van der Waals surface area contributed by atoms with Gasteiger partial charge in [0.05, 0.1) is 12.6 Å². The number of aryl methyl sites for hydroxylation is 1. The van der Waals surface area contributed by atoms with Gasteiger partial charge in [-0.15, -0.1) is 0 Å². The molecule has 6 heteroatoms. The van der Waals surface area contributed by atoms with Gasteiger partial charge in [-0.05, 0) is 31.9 Å². The van der Waals surface area contributed by atoms with Gasteiger partial charge in [-0.25, -0.2) is 4.79 Å². The Labute approximate surface area is 148 Å². The zero-order valence-corrected chi connectivity index (χ0v) is 14.8. The first-order chi connectivity index (χ1) is 12.1. The molecule has 3 amide bonds. The average Bonchev–Trinajstić information content (AvgIpc) is 2.63. The van der Waals surface area contributed by atoms with Crippen LogP contribution in [-0.4, -0.2) is 43.8 Å². The molecule has 1 aromatic rings. The predicted molar refractivity (Wildman–Crippen MR) is 96.7 cm³/mol. The Morgan fingerprint density at radius 3 is 2.64 bits per heavy atom. The SMILES string of the molecule is Cc1ccc(N2CC(CNC(=O)NC3CCCCC3)OCC2=O)cc1. The van der Waals surface area contributed by atoms with Crippen molar-refractivity contribution in [2.75, 3.05) is 24.6 Å². The second-order valence-corrected chi connectivity index (χ2v) is 6.96. The molecule has 1 aliphatic heterocycles. The number of nitrogens with zero attached hydrogens (tertiary/aromatic N) is 1. The third kappa shape index (κ3) is 4.95. The summed E-state index contributed by atoms with van der Waals surface area (Å²) in [7, 11) is 0. The number of morpholine rings is 1. The second-order valence-electron chi connectivity index (χ2n) is 6.96. The van der Waals surface area contributed by atoms with Crippen LogP contribution < -0.4 is 15.5 Å². The van der Waals surface area contributed by atoms with Crippen LogP contribution in [0.5, 0.6) is 0 Å². The lowest BCUT2D eigenvalue weighted by atomic mass is 9.96. The average molecular weight is 345 g/mol. The number of nitrogens with one attached hydrogen (secondary N) is 2. The van der Waals surface area contributed by atoms with E-state index in [-0.39, 0.29) is 30.7 Å². The van der Waals surface area contributed by atoms with Crippen LogP contribution in [0.15, 0.2) is 24.3 Å². The van der Waals surface area contributed by atoms with Crippen LogP contribution in [0.25, 0.3) is 0 Å². The molecule has 2 aliphatic rings. The fourth-order valence-corrected chi connectivity index (χ4v) is 3.41. The Kier molecular flexibility index (Phi) is 5.91. The fraction of sp³-hybridized carbons (Fsp3) is 0.579. The zero-order valence-electron chi connectivity index (χ0n) is 14.8. The van der Waals surface area contributed by atoms with Crippen LogP contribution in [0.4, 0.5) is 10.5 Å². The van der Waals surface area contributed by atoms with Crippen molar-refractivity contribution >= 4 is 17.6 Å². The molecular formula is C19H27N3O3. The maximum Gasteiger partial charge on any atom is 0.315 e. The summed E-state index contributed by atoms with van der Waals surface area (Å²) in [6.07, 6.45) is 5.55. The van der Waals surface area contributed by atoms with Crippen LogP contribution >= 0.6 is 0 Å². The summed E-state index contributed by atoms with van der Waals surface area (Å²) in [6, 6.07) is 8.00. The molecule has 1 aromatic carbocycles. The lowest BCUT2D eigenvalue weighted by molar-refractivity contribution is -0.129. The summed E-state index contributed by atoms with van der Waals surface area (Å²) < 4.78 is 5.57. The van der Waals surface area contributed by atoms with Gasteiger partial charge in [-0.2, -0.15) is 0 Å². The predicted octanol–water partition coefficient (Wildman–Crippen LogP) is 2.36. The van der Waals surface area contributed by atoms with Crippen molar-refractivity contribution in [1.29, 1.82) is 0 Å². The third-order valence-electron chi connectivity index (χ3n) is 4.91. The number of hydrogen-bond donors (Lipinski definition) is 2. The van der Waals surface area contributed by atoms with E-state index in [1.165, 1.54) is 19.3 Å². The van der Waals surface area contributed by atoms with Gasteiger partial charge >= 0.3 is 6.03 Å². The van der Waals surface area contributed by atoms with E-state index in [1.807, 2.05) is 31.2 Å². The van der Waals surface area contributed by atoms with Crippen molar-refractivity contribution in [2.45, 2.75) is 51.2 Å². The molecule has 2 fully saturated rings. The number of hydrogen-bond acceptors (Lipinski definition) is 3. The fourth-order valence-electron chi connectivity index (χ4n) is 3.41. The van der Waals surface area contributed by atoms with Crippen molar-refractivity contribution in [2.24, 2.45) is 0 Å². The Morgan fingerprint density at radius 1 is 1.20 bits per heavy atom. The number of rotatable bonds is 4. The van der Waals surface area contributed by atoms with E-state index in [2.05, 4.69) is 10.6 Å². The number of anilines is 1. The normalized spacial score (nSPS) is 21.9. The first kappa shape index (κ1) is 17.7. The lowest BCUT2D eigenvalue weighted by Crippen LogP contribution is -2.52. The molecule has 136 valence electrons. The third-order valence-corrected chi connectivity index (χ3v) is 4.91. The molecule has 6 nitrogen and oxygen atoms in total. The molecule has 1 saturated heterocycles. The number of amides is 3. The molecule has 1 aliphatic carbocycles. The van der Waals surface area contributed by atoms with Gasteiger partial charge in [0.1, 0.15) is 6.61 Å². The minimum Gasteiger partial charge on any atom is -0.365 e. The van der Waals surface area contributed by atoms with Crippen LogP contribution in [0.1, 0.15) is 37.7 Å². The quantitative estimate of drug-likeness (QED) is 0.880. The Bertz CT molecular complexity index is 596. The van der Waals surface area contributed by atoms with Crippen molar-refractivity contribution in [3.05, 3.63) is 29.8 Å². The first-order valence-electron chi connectivity index (χ1n) is 9.15. The summed E-state index contributed by atoms with van der Waals surface area (Å²) >= 11 is 0. The van der Waals surface area contributed by atoms with Gasteiger partial charge in [0, 0.05) is 18.3 Å². The Hall–Kier alpha value is -2.08. The molecule has 0 radical (unpaired) electrons. The topological polar surface area (TPSA) is 70.7 Å². The van der Waals surface area contributed by atoms with Gasteiger partial charge in [0.25, 0.3) is 5.91 Å². The van der Waals surface area contributed by atoms with Gasteiger partial charge in [0.15, 0.2) is 0 Å². The summed E-state index contributed by atoms with van der Waals surface area (Å²) in [6.45, 7) is 2.91. The molecule has 1 heterocycles. The van der Waals surface area contributed by atoms with E-state index in [0.717, 1.165) is 24.1 Å². The molecular weight excluding hydrogens is 318 g/mol. The maximum absolute atomic E-state index is 12.1. The van der Waals surface area contributed by atoms with Crippen molar-refractivity contribution < 1.29 is 14.3 Å². The van der Waals surface area contributed by atoms with Crippen LogP contribution in [0, 0.1) is 6.92 Å². The van der Waals surface area contributed by atoms with Gasteiger partial charge in [-0.1, -0.05) is 37.0 Å². The highest BCUT2D eigenvalue weighted by molar-refractivity contribution is 5.95. The van der Waals surface area contributed by atoms with Crippen LogP contribution in [-0.2, 0) is 9.53 Å². The number of benzene rings is 1. The van der Waals surface area contributed by atoms with E-state index >= 15 is 0 Å². The number of carbonyl (C=O) groups is 2. The molecule has 1 unspecified atom stereocenters. The highest BCUT2D eigenvalue weighted by atomic mass is 16.5. The zero-order chi connectivity index (χ0) is 17.6. The Balaban J connectivity index is 1.48. The summed E-state index contributed by atoms with van der Waals surface area (Å²) in [4.78, 5) is 25.9. The largest absolute Gasteiger partial charge is 0.365 e. The smallest absolute Gasteiger partial charge is 0.315 e. The van der Waals surface area contributed by atoms with E-state index in [1.54, 1.807) is 4.90 Å². The monoisotopic (exact) mass is 345 g/mol. The number of carbonyl (C=O) groups excluding carboxylic acids is 2. The number of urea groups is 1.